The highest BCUT2D eigenvalue weighted by atomic mass is 16.5. The second kappa shape index (κ2) is 10.1. The maximum atomic E-state index is 13.0. The summed E-state index contributed by atoms with van der Waals surface area (Å²) in [5.41, 5.74) is 1.53. The summed E-state index contributed by atoms with van der Waals surface area (Å²) in [6.45, 7) is 3.22. The fourth-order valence-electron chi connectivity index (χ4n) is 3.78. The summed E-state index contributed by atoms with van der Waals surface area (Å²) in [5.74, 6) is 0.841. The molecule has 0 N–H and O–H groups in total. The monoisotopic (exact) mass is 464 g/mol. The van der Waals surface area contributed by atoms with E-state index in [2.05, 4.69) is 11.7 Å². The molecule has 1 amide bonds. The van der Waals surface area contributed by atoms with Crippen molar-refractivity contribution in [2.24, 2.45) is 5.10 Å². The molecule has 0 radical (unpaired) electrons. The van der Waals surface area contributed by atoms with E-state index in [0.717, 1.165) is 0 Å². The van der Waals surface area contributed by atoms with E-state index in [9.17, 15) is 9.59 Å². The van der Waals surface area contributed by atoms with Crippen LogP contribution in [-0.2, 0) is 16.0 Å². The lowest BCUT2D eigenvalue weighted by molar-refractivity contribution is -0.136. The average molecular weight is 464 g/mol. The largest absolute Gasteiger partial charge is 0.493 e. The van der Waals surface area contributed by atoms with Crippen molar-refractivity contribution in [1.82, 2.24) is 5.01 Å². The smallest absolute Gasteiger partial charge is 0.338 e. The molecular formula is C25H24N2O7. The molecule has 176 valence electrons. The number of methoxy groups -OCH3 is 2. The van der Waals surface area contributed by atoms with Crippen LogP contribution in [0.5, 0.6) is 11.5 Å². The first-order valence-corrected chi connectivity index (χ1v) is 10.6. The fraction of sp³-hybridized carbons (Fsp3) is 0.240. The molecule has 9 heteroatoms. The highest BCUT2D eigenvalue weighted by Gasteiger charge is 2.36. The van der Waals surface area contributed by atoms with Gasteiger partial charge in [0.2, 0.25) is 0 Å². The minimum atomic E-state index is -0.677. The molecule has 0 fully saturated rings. The van der Waals surface area contributed by atoms with Crippen LogP contribution in [0.1, 0.15) is 39.9 Å². The van der Waals surface area contributed by atoms with Gasteiger partial charge in [0.15, 0.2) is 18.1 Å². The third-order valence-corrected chi connectivity index (χ3v) is 5.33. The lowest BCUT2D eigenvalue weighted by Crippen LogP contribution is -2.31. The normalized spacial score (nSPS) is 15.1. The second-order valence-corrected chi connectivity index (χ2v) is 7.44. The zero-order valence-electron chi connectivity index (χ0n) is 18.9. The SMILES string of the molecule is C=CCc1cc(C(=O)OCC(=O)N2N=C(c3ccco3)CC2c2ccco2)cc(OC)c1OC. The number of hydrogen-bond donors (Lipinski definition) is 0. The molecule has 2 aromatic heterocycles. The number of hydrazone groups is 1. The number of amides is 1. The summed E-state index contributed by atoms with van der Waals surface area (Å²) >= 11 is 0. The third-order valence-electron chi connectivity index (χ3n) is 5.33. The van der Waals surface area contributed by atoms with Gasteiger partial charge in [0.25, 0.3) is 5.91 Å². The number of benzene rings is 1. The van der Waals surface area contributed by atoms with Gasteiger partial charge >= 0.3 is 5.97 Å². The van der Waals surface area contributed by atoms with E-state index in [0.29, 0.717) is 47.1 Å². The number of rotatable bonds is 9. The van der Waals surface area contributed by atoms with Crippen LogP contribution in [0.3, 0.4) is 0 Å². The van der Waals surface area contributed by atoms with E-state index >= 15 is 0 Å². The summed E-state index contributed by atoms with van der Waals surface area (Å²) in [7, 11) is 3.00. The number of furan rings is 2. The number of carbonyl (C=O) groups is 2. The molecule has 0 saturated heterocycles. The molecule has 4 rings (SSSR count). The van der Waals surface area contributed by atoms with Gasteiger partial charge in [-0.05, 0) is 42.8 Å². The Labute approximate surface area is 196 Å². The van der Waals surface area contributed by atoms with Crippen molar-refractivity contribution in [3.63, 3.8) is 0 Å². The Morgan fingerprint density at radius 1 is 1.18 bits per heavy atom. The molecule has 3 aromatic rings. The molecule has 34 heavy (non-hydrogen) atoms. The van der Waals surface area contributed by atoms with Crippen molar-refractivity contribution in [1.29, 1.82) is 0 Å². The maximum absolute atomic E-state index is 13.0. The zero-order chi connectivity index (χ0) is 24.1. The molecule has 0 saturated carbocycles. The predicted molar refractivity (Wildman–Crippen MR) is 122 cm³/mol. The Hall–Kier alpha value is -4.27. The molecule has 3 heterocycles. The minimum Gasteiger partial charge on any atom is -0.493 e. The number of carbonyl (C=O) groups excluding carboxylic acids is 2. The number of nitrogens with zero attached hydrogens (tertiary/aromatic N) is 2. The van der Waals surface area contributed by atoms with Gasteiger partial charge in [-0.25, -0.2) is 9.80 Å². The van der Waals surface area contributed by atoms with Crippen LogP contribution in [0.4, 0.5) is 0 Å². The van der Waals surface area contributed by atoms with Gasteiger partial charge in [0.05, 0.1) is 32.3 Å². The Morgan fingerprint density at radius 2 is 1.97 bits per heavy atom. The molecule has 1 atom stereocenters. The summed E-state index contributed by atoms with van der Waals surface area (Å²) in [6, 6.07) is 9.68. The van der Waals surface area contributed by atoms with Crippen LogP contribution in [0.25, 0.3) is 0 Å². The van der Waals surface area contributed by atoms with E-state index in [-0.39, 0.29) is 5.56 Å². The van der Waals surface area contributed by atoms with E-state index in [1.807, 2.05) is 0 Å². The van der Waals surface area contributed by atoms with Crippen LogP contribution in [-0.4, -0.2) is 43.4 Å². The fourth-order valence-corrected chi connectivity index (χ4v) is 3.78. The summed E-state index contributed by atoms with van der Waals surface area (Å²) < 4.78 is 27.0. The minimum absolute atomic E-state index is 0.228. The van der Waals surface area contributed by atoms with E-state index in [1.165, 1.54) is 37.8 Å². The first-order chi connectivity index (χ1) is 16.5. The third kappa shape index (κ3) is 4.59. The van der Waals surface area contributed by atoms with Gasteiger partial charge in [0, 0.05) is 12.0 Å². The summed E-state index contributed by atoms with van der Waals surface area (Å²) in [4.78, 5) is 25.8. The highest BCUT2D eigenvalue weighted by molar-refractivity contribution is 6.01. The van der Waals surface area contributed by atoms with E-state index in [4.69, 9.17) is 23.0 Å². The molecule has 0 bridgehead atoms. The van der Waals surface area contributed by atoms with E-state index in [1.54, 1.807) is 36.4 Å². The molecule has 1 aliphatic heterocycles. The number of esters is 1. The zero-order valence-corrected chi connectivity index (χ0v) is 18.9. The van der Waals surface area contributed by atoms with Crippen LogP contribution < -0.4 is 9.47 Å². The maximum Gasteiger partial charge on any atom is 0.338 e. The summed E-state index contributed by atoms with van der Waals surface area (Å²) in [5, 5.41) is 5.68. The van der Waals surface area contributed by atoms with Gasteiger partial charge in [-0.3, -0.25) is 4.79 Å². The van der Waals surface area contributed by atoms with Gasteiger partial charge in [-0.1, -0.05) is 6.08 Å². The van der Waals surface area contributed by atoms with Crippen molar-refractivity contribution in [2.45, 2.75) is 18.9 Å². The molecule has 0 spiro atoms. The van der Waals surface area contributed by atoms with Crippen molar-refractivity contribution in [2.75, 3.05) is 20.8 Å². The van der Waals surface area contributed by atoms with Crippen LogP contribution in [0.2, 0.25) is 0 Å². The standard InChI is InChI=1S/C25H24N2O7/c1-4-7-16-12-17(13-22(30-2)24(16)31-3)25(29)34-15-23(28)27-19(21-9-6-11-33-21)14-18(26-27)20-8-5-10-32-20/h4-6,8-13,19H,1,7,14-15H2,2-3H3. The number of hydrogen-bond acceptors (Lipinski definition) is 8. The van der Waals surface area contributed by atoms with Crippen molar-refractivity contribution >= 4 is 17.6 Å². The van der Waals surface area contributed by atoms with Crippen molar-refractivity contribution in [3.8, 4) is 11.5 Å². The van der Waals surface area contributed by atoms with Crippen LogP contribution in [0, 0.1) is 0 Å². The average Bonchev–Trinajstić information content (AvgIpc) is 3.62. The molecule has 1 aromatic carbocycles. The van der Waals surface area contributed by atoms with Gasteiger partial charge in [-0.15, -0.1) is 6.58 Å². The second-order valence-electron chi connectivity index (χ2n) is 7.44. The molecule has 1 unspecified atom stereocenters. The molecule has 0 aliphatic carbocycles. The molecule has 1 aliphatic rings. The lowest BCUT2D eigenvalue weighted by Gasteiger charge is -2.19. The van der Waals surface area contributed by atoms with Crippen molar-refractivity contribution in [3.05, 3.63) is 84.2 Å². The number of allylic oxidation sites excluding steroid dienone is 1. The van der Waals surface area contributed by atoms with Gasteiger partial charge < -0.3 is 23.0 Å². The van der Waals surface area contributed by atoms with E-state index < -0.39 is 24.5 Å². The Bertz CT molecular complexity index is 1200. The first kappa shape index (κ1) is 22.9. The quantitative estimate of drug-likeness (QED) is 0.346. The van der Waals surface area contributed by atoms with Crippen LogP contribution in [0.15, 0.2) is 75.5 Å². The molecular weight excluding hydrogens is 440 g/mol. The summed E-state index contributed by atoms with van der Waals surface area (Å²) in [6.07, 6.45) is 5.62. The topological polar surface area (TPSA) is 104 Å². The first-order valence-electron chi connectivity index (χ1n) is 10.6. The Morgan fingerprint density at radius 3 is 2.62 bits per heavy atom. The number of ether oxygens (including phenoxy) is 3. The Balaban J connectivity index is 1.51. The lowest BCUT2D eigenvalue weighted by atomic mass is 10.1. The van der Waals surface area contributed by atoms with Gasteiger partial charge in [0.1, 0.15) is 23.3 Å². The predicted octanol–water partition coefficient (Wildman–Crippen LogP) is 4.15. The van der Waals surface area contributed by atoms with Gasteiger partial charge in [-0.2, -0.15) is 5.10 Å². The molecule has 9 nitrogen and oxygen atoms in total. The Kier molecular flexibility index (Phi) is 6.82. The van der Waals surface area contributed by atoms with Crippen LogP contribution >= 0.6 is 0 Å². The highest BCUT2D eigenvalue weighted by Crippen LogP contribution is 2.34. The van der Waals surface area contributed by atoms with Crippen molar-refractivity contribution < 1.29 is 32.6 Å².